The quantitative estimate of drug-likeness (QED) is 0.867. The molecular formula is C12H20N2OS. The van der Waals surface area contributed by atoms with Crippen molar-refractivity contribution in [2.24, 2.45) is 0 Å². The number of morpholine rings is 1. The van der Waals surface area contributed by atoms with Crippen LogP contribution in [0.5, 0.6) is 0 Å². The van der Waals surface area contributed by atoms with Gasteiger partial charge in [0.25, 0.3) is 0 Å². The van der Waals surface area contributed by atoms with Gasteiger partial charge in [0.2, 0.25) is 0 Å². The summed E-state index contributed by atoms with van der Waals surface area (Å²) in [4.78, 5) is 3.72. The van der Waals surface area contributed by atoms with Crippen molar-refractivity contribution in [2.45, 2.75) is 19.1 Å². The smallest absolute Gasteiger partial charge is 0.0904 e. The zero-order chi connectivity index (χ0) is 11.4. The molecule has 3 nitrogen and oxygen atoms in total. The maximum atomic E-state index is 5.89. The first-order chi connectivity index (χ1) is 7.81. The summed E-state index contributed by atoms with van der Waals surface area (Å²) in [6.45, 7) is 6.02. The van der Waals surface area contributed by atoms with E-state index in [1.165, 1.54) is 4.88 Å². The number of hydrogen-bond donors (Lipinski definition) is 1. The van der Waals surface area contributed by atoms with E-state index in [1.807, 2.05) is 0 Å². The van der Waals surface area contributed by atoms with E-state index >= 15 is 0 Å². The van der Waals surface area contributed by atoms with Gasteiger partial charge in [0.05, 0.1) is 18.8 Å². The van der Waals surface area contributed by atoms with Gasteiger partial charge in [-0.3, -0.25) is 0 Å². The predicted octanol–water partition coefficient (Wildman–Crippen LogP) is 1.73. The molecule has 0 radical (unpaired) electrons. The number of hydrogen-bond acceptors (Lipinski definition) is 4. The fourth-order valence-corrected chi connectivity index (χ4v) is 2.97. The highest BCUT2D eigenvalue weighted by atomic mass is 32.1. The Morgan fingerprint density at radius 1 is 1.69 bits per heavy atom. The Labute approximate surface area is 101 Å². The lowest BCUT2D eigenvalue weighted by atomic mass is 10.1. The summed E-state index contributed by atoms with van der Waals surface area (Å²) in [5.41, 5.74) is 0. The van der Waals surface area contributed by atoms with Crippen LogP contribution >= 0.6 is 11.3 Å². The molecule has 2 heterocycles. The van der Waals surface area contributed by atoms with Crippen molar-refractivity contribution >= 4 is 11.3 Å². The first-order valence-electron chi connectivity index (χ1n) is 5.88. The largest absolute Gasteiger partial charge is 0.374 e. The number of nitrogens with one attached hydrogen (secondary N) is 1. The summed E-state index contributed by atoms with van der Waals surface area (Å²) in [5.74, 6) is 0. The maximum Gasteiger partial charge on any atom is 0.0904 e. The van der Waals surface area contributed by atoms with Crippen LogP contribution in [0, 0.1) is 0 Å². The zero-order valence-electron chi connectivity index (χ0n) is 9.98. The Kier molecular flexibility index (Phi) is 4.35. The van der Waals surface area contributed by atoms with Crippen LogP contribution in [0.1, 0.15) is 17.8 Å². The van der Waals surface area contributed by atoms with Crippen LogP contribution < -0.4 is 5.32 Å². The van der Waals surface area contributed by atoms with Crippen molar-refractivity contribution in [3.8, 4) is 0 Å². The maximum absolute atomic E-state index is 5.89. The van der Waals surface area contributed by atoms with Gasteiger partial charge in [-0.2, -0.15) is 0 Å². The third-order valence-electron chi connectivity index (χ3n) is 2.94. The molecule has 1 aromatic heterocycles. The van der Waals surface area contributed by atoms with Gasteiger partial charge in [-0.25, -0.2) is 0 Å². The van der Waals surface area contributed by atoms with Gasteiger partial charge in [-0.15, -0.1) is 11.3 Å². The monoisotopic (exact) mass is 240 g/mol. The van der Waals surface area contributed by atoms with Crippen LogP contribution in [0.3, 0.4) is 0 Å². The van der Waals surface area contributed by atoms with Crippen LogP contribution in [0.2, 0.25) is 0 Å². The van der Waals surface area contributed by atoms with E-state index in [9.17, 15) is 0 Å². The molecule has 1 aromatic rings. The molecule has 0 spiro atoms. The van der Waals surface area contributed by atoms with Gasteiger partial charge in [-0.1, -0.05) is 13.0 Å². The Balaban J connectivity index is 2.06. The van der Waals surface area contributed by atoms with Gasteiger partial charge >= 0.3 is 0 Å². The Bertz CT molecular complexity index is 302. The fourth-order valence-electron chi connectivity index (χ4n) is 2.12. The van der Waals surface area contributed by atoms with Gasteiger partial charge in [-0.05, 0) is 25.0 Å². The average Bonchev–Trinajstić information content (AvgIpc) is 2.79. The molecule has 0 saturated carbocycles. The molecule has 16 heavy (non-hydrogen) atoms. The van der Waals surface area contributed by atoms with E-state index < -0.39 is 0 Å². The average molecular weight is 240 g/mol. The highest BCUT2D eigenvalue weighted by Gasteiger charge is 2.27. The highest BCUT2D eigenvalue weighted by Crippen LogP contribution is 2.25. The molecule has 1 saturated heterocycles. The highest BCUT2D eigenvalue weighted by molar-refractivity contribution is 7.10. The molecule has 0 amide bonds. The first-order valence-corrected chi connectivity index (χ1v) is 6.76. The molecule has 1 aliphatic rings. The second-order valence-corrected chi connectivity index (χ2v) is 5.20. The molecule has 2 unspecified atom stereocenters. The van der Waals surface area contributed by atoms with E-state index in [0.29, 0.717) is 6.04 Å². The van der Waals surface area contributed by atoms with Gasteiger partial charge in [0.1, 0.15) is 0 Å². The molecule has 2 atom stereocenters. The van der Waals surface area contributed by atoms with E-state index in [-0.39, 0.29) is 6.10 Å². The topological polar surface area (TPSA) is 24.5 Å². The summed E-state index contributed by atoms with van der Waals surface area (Å²) in [6.07, 6.45) is 0.275. The van der Waals surface area contributed by atoms with Gasteiger partial charge in [0.15, 0.2) is 0 Å². The van der Waals surface area contributed by atoms with Crippen molar-refractivity contribution in [2.75, 3.05) is 33.3 Å². The SMILES string of the molecule is CCNC(c1cccs1)C1CN(C)CCO1. The third-order valence-corrected chi connectivity index (χ3v) is 3.90. The summed E-state index contributed by atoms with van der Waals surface area (Å²) >= 11 is 1.80. The third kappa shape index (κ3) is 2.83. The molecule has 90 valence electrons. The molecule has 1 aliphatic heterocycles. The summed E-state index contributed by atoms with van der Waals surface area (Å²) < 4.78 is 5.89. The van der Waals surface area contributed by atoms with Gasteiger partial charge in [0, 0.05) is 18.0 Å². The Morgan fingerprint density at radius 2 is 2.56 bits per heavy atom. The zero-order valence-corrected chi connectivity index (χ0v) is 10.8. The van der Waals surface area contributed by atoms with Crippen LogP contribution in [-0.2, 0) is 4.74 Å². The number of nitrogens with zero attached hydrogens (tertiary/aromatic N) is 1. The number of thiophene rings is 1. The van der Waals surface area contributed by atoms with Crippen molar-refractivity contribution in [3.63, 3.8) is 0 Å². The predicted molar refractivity (Wildman–Crippen MR) is 68.0 cm³/mol. The first kappa shape index (κ1) is 12.0. The molecule has 0 aromatic carbocycles. The minimum Gasteiger partial charge on any atom is -0.374 e. The lowest BCUT2D eigenvalue weighted by Gasteiger charge is -2.35. The second-order valence-electron chi connectivity index (χ2n) is 4.22. The van der Waals surface area contributed by atoms with E-state index in [1.54, 1.807) is 11.3 Å². The van der Waals surface area contributed by atoms with Crippen molar-refractivity contribution in [1.29, 1.82) is 0 Å². The second kappa shape index (κ2) is 5.77. The molecule has 1 fully saturated rings. The Morgan fingerprint density at radius 3 is 3.19 bits per heavy atom. The van der Waals surface area contributed by atoms with Crippen LogP contribution in [0.15, 0.2) is 17.5 Å². The Hall–Kier alpha value is -0.420. The lowest BCUT2D eigenvalue weighted by molar-refractivity contribution is -0.0384. The van der Waals surface area contributed by atoms with Crippen molar-refractivity contribution in [3.05, 3.63) is 22.4 Å². The van der Waals surface area contributed by atoms with Crippen LogP contribution in [0.25, 0.3) is 0 Å². The standard InChI is InChI=1S/C12H20N2OS/c1-3-13-12(11-5-4-8-16-11)10-9-14(2)6-7-15-10/h4-5,8,10,12-13H,3,6-7,9H2,1-2H3. The number of rotatable bonds is 4. The minimum atomic E-state index is 0.275. The minimum absolute atomic E-state index is 0.275. The molecular weight excluding hydrogens is 220 g/mol. The number of likely N-dealkylation sites (N-methyl/N-ethyl adjacent to an activating group) is 2. The lowest BCUT2D eigenvalue weighted by Crippen LogP contribution is -2.46. The fraction of sp³-hybridized carbons (Fsp3) is 0.667. The molecule has 0 aliphatic carbocycles. The van der Waals surface area contributed by atoms with Crippen LogP contribution in [-0.4, -0.2) is 44.3 Å². The molecule has 1 N–H and O–H groups in total. The van der Waals surface area contributed by atoms with E-state index in [2.05, 4.69) is 41.7 Å². The molecule has 4 heteroatoms. The van der Waals surface area contributed by atoms with Crippen molar-refractivity contribution < 1.29 is 4.74 Å². The van der Waals surface area contributed by atoms with E-state index in [4.69, 9.17) is 4.74 Å². The van der Waals surface area contributed by atoms with Gasteiger partial charge < -0.3 is 15.0 Å². The molecule has 0 bridgehead atoms. The summed E-state index contributed by atoms with van der Waals surface area (Å²) in [5, 5.41) is 5.67. The van der Waals surface area contributed by atoms with E-state index in [0.717, 1.165) is 26.2 Å². The number of ether oxygens (including phenoxy) is 1. The summed E-state index contributed by atoms with van der Waals surface area (Å²) in [7, 11) is 2.16. The molecule has 2 rings (SSSR count). The summed E-state index contributed by atoms with van der Waals surface area (Å²) in [6, 6.07) is 4.64. The normalized spacial score (nSPS) is 24.5. The van der Waals surface area contributed by atoms with Crippen molar-refractivity contribution in [1.82, 2.24) is 10.2 Å². The van der Waals surface area contributed by atoms with Crippen LogP contribution in [0.4, 0.5) is 0 Å².